The van der Waals surface area contributed by atoms with Crippen LogP contribution in [-0.4, -0.2) is 32.5 Å². The minimum Gasteiger partial charge on any atom is -0.462 e. The van der Waals surface area contributed by atoms with E-state index in [-0.39, 0.29) is 6.04 Å². The highest BCUT2D eigenvalue weighted by molar-refractivity contribution is 6.65. The maximum absolute atomic E-state index is 11.6. The molecule has 1 atom stereocenters. The second-order valence-electron chi connectivity index (χ2n) is 8.29. The van der Waals surface area contributed by atoms with Gasteiger partial charge in [-0.15, -0.1) is 0 Å². The predicted molar refractivity (Wildman–Crippen MR) is 112 cm³/mol. The molecule has 1 aliphatic carbocycles. The summed E-state index contributed by atoms with van der Waals surface area (Å²) in [4.78, 5) is 34.8. The Labute approximate surface area is 183 Å². The molecule has 1 saturated carbocycles. The summed E-state index contributed by atoms with van der Waals surface area (Å²) in [5.41, 5.74) is 1.83. The standard InChI is InChI=1S/C22H30O8Si/c1-15(23)28-31(29-16(2)24,30-17(3)25)12-11-18-9-10-21-19(13-18)14-26-22(4,27-21)20-7-5-6-8-20/h9-10,13,20H,5-8,11-12,14H2,1-4H3. The molecule has 1 fully saturated rings. The van der Waals surface area contributed by atoms with Crippen LogP contribution in [0.3, 0.4) is 0 Å². The lowest BCUT2D eigenvalue weighted by atomic mass is 9.96. The second-order valence-corrected chi connectivity index (χ2v) is 10.8. The summed E-state index contributed by atoms with van der Waals surface area (Å²) in [6.07, 6.45) is 5.01. The summed E-state index contributed by atoms with van der Waals surface area (Å²) in [5, 5.41) is 0. The predicted octanol–water partition coefficient (Wildman–Crippen LogP) is 3.67. The average Bonchev–Trinajstić information content (AvgIpc) is 3.20. The molecule has 1 heterocycles. The van der Waals surface area contributed by atoms with E-state index in [4.69, 9.17) is 22.8 Å². The van der Waals surface area contributed by atoms with E-state index in [9.17, 15) is 14.4 Å². The van der Waals surface area contributed by atoms with Crippen molar-refractivity contribution < 1.29 is 37.1 Å². The fraction of sp³-hybridized carbons (Fsp3) is 0.591. The summed E-state index contributed by atoms with van der Waals surface area (Å²) in [6.45, 7) is 6.00. The van der Waals surface area contributed by atoms with Crippen LogP contribution in [0.5, 0.6) is 5.75 Å². The number of benzene rings is 1. The molecule has 1 aliphatic heterocycles. The van der Waals surface area contributed by atoms with Crippen molar-refractivity contribution in [3.05, 3.63) is 29.3 Å². The van der Waals surface area contributed by atoms with Crippen LogP contribution >= 0.6 is 0 Å². The Morgan fingerprint density at radius 2 is 1.61 bits per heavy atom. The maximum Gasteiger partial charge on any atom is 0.705 e. The van der Waals surface area contributed by atoms with Gasteiger partial charge in [-0.2, -0.15) is 0 Å². The highest BCUT2D eigenvalue weighted by Crippen LogP contribution is 2.42. The van der Waals surface area contributed by atoms with Crippen LogP contribution in [0.1, 0.15) is 64.5 Å². The SMILES string of the molecule is CC(=O)O[Si](CCc1ccc2c(c1)COC(C)(C1CCCC1)O2)(OC(C)=O)OC(C)=O. The number of carbonyl (C=O) groups excluding carboxylic acids is 3. The molecule has 1 unspecified atom stereocenters. The molecule has 0 aromatic heterocycles. The quantitative estimate of drug-likeness (QED) is 0.581. The molecule has 9 heteroatoms. The molecular weight excluding hydrogens is 420 g/mol. The first-order chi connectivity index (χ1) is 14.6. The van der Waals surface area contributed by atoms with Crippen molar-refractivity contribution in [1.29, 1.82) is 0 Å². The van der Waals surface area contributed by atoms with Crippen LogP contribution in [0.25, 0.3) is 0 Å². The number of hydrogen-bond donors (Lipinski definition) is 0. The summed E-state index contributed by atoms with van der Waals surface area (Å²) in [6, 6.07) is 5.87. The maximum atomic E-state index is 11.6. The molecule has 0 N–H and O–H groups in total. The van der Waals surface area contributed by atoms with Gasteiger partial charge in [-0.25, -0.2) is 0 Å². The third kappa shape index (κ3) is 5.85. The van der Waals surface area contributed by atoms with Crippen molar-refractivity contribution in [3.8, 4) is 5.75 Å². The van der Waals surface area contributed by atoms with Gasteiger partial charge in [-0.3, -0.25) is 14.4 Å². The zero-order valence-corrected chi connectivity index (χ0v) is 19.5. The lowest BCUT2D eigenvalue weighted by molar-refractivity contribution is -0.224. The summed E-state index contributed by atoms with van der Waals surface area (Å²) in [7, 11) is -3.86. The molecule has 8 nitrogen and oxygen atoms in total. The van der Waals surface area contributed by atoms with E-state index in [2.05, 4.69) is 0 Å². The monoisotopic (exact) mass is 450 g/mol. The molecule has 1 aromatic rings. The molecule has 31 heavy (non-hydrogen) atoms. The van der Waals surface area contributed by atoms with Crippen molar-refractivity contribution in [2.24, 2.45) is 5.92 Å². The Balaban J connectivity index is 1.74. The van der Waals surface area contributed by atoms with Crippen LogP contribution in [0, 0.1) is 5.92 Å². The zero-order chi connectivity index (χ0) is 22.6. The number of aryl methyl sites for hydroxylation is 1. The van der Waals surface area contributed by atoms with Crippen molar-refractivity contribution in [1.82, 2.24) is 0 Å². The normalized spacial score (nSPS) is 21.0. The average molecular weight is 451 g/mol. The van der Waals surface area contributed by atoms with E-state index >= 15 is 0 Å². The topological polar surface area (TPSA) is 97.4 Å². The van der Waals surface area contributed by atoms with Gasteiger partial charge < -0.3 is 22.8 Å². The van der Waals surface area contributed by atoms with E-state index in [1.54, 1.807) is 0 Å². The number of rotatable bonds is 7. The van der Waals surface area contributed by atoms with Gasteiger partial charge in [0.05, 0.1) is 12.7 Å². The van der Waals surface area contributed by atoms with Gasteiger partial charge in [-0.1, -0.05) is 18.9 Å². The first-order valence-electron chi connectivity index (χ1n) is 10.6. The van der Waals surface area contributed by atoms with Gasteiger partial charge in [0.25, 0.3) is 17.9 Å². The fourth-order valence-electron chi connectivity index (χ4n) is 4.29. The molecular formula is C22H30O8Si. The highest BCUT2D eigenvalue weighted by atomic mass is 28.4. The Kier molecular flexibility index (Phi) is 7.05. The molecule has 170 valence electrons. The van der Waals surface area contributed by atoms with E-state index in [0.29, 0.717) is 18.9 Å². The first-order valence-corrected chi connectivity index (χ1v) is 12.6. The molecule has 1 aromatic carbocycles. The third-order valence-electron chi connectivity index (χ3n) is 5.67. The number of carbonyl (C=O) groups is 3. The zero-order valence-electron chi connectivity index (χ0n) is 18.5. The molecule has 0 saturated heterocycles. The molecule has 2 aliphatic rings. The molecule has 0 radical (unpaired) electrons. The van der Waals surface area contributed by atoms with Crippen molar-refractivity contribution in [3.63, 3.8) is 0 Å². The van der Waals surface area contributed by atoms with Gasteiger partial charge in [0.1, 0.15) is 5.75 Å². The largest absolute Gasteiger partial charge is 0.705 e. The van der Waals surface area contributed by atoms with Crippen LogP contribution in [0.2, 0.25) is 6.04 Å². The van der Waals surface area contributed by atoms with Crippen molar-refractivity contribution in [2.45, 2.75) is 78.2 Å². The third-order valence-corrected chi connectivity index (χ3v) is 8.32. The lowest BCUT2D eigenvalue weighted by Gasteiger charge is -2.40. The second kappa shape index (κ2) is 9.40. The molecule has 3 rings (SSSR count). The van der Waals surface area contributed by atoms with Crippen LogP contribution < -0.4 is 4.74 Å². The smallest absolute Gasteiger partial charge is 0.462 e. The number of fused-ring (bicyclic) bond motifs is 1. The Morgan fingerprint density at radius 3 is 2.16 bits per heavy atom. The van der Waals surface area contributed by atoms with Crippen molar-refractivity contribution >= 4 is 26.7 Å². The first kappa shape index (κ1) is 23.3. The van der Waals surface area contributed by atoms with Gasteiger partial charge in [0, 0.05) is 39.2 Å². The van der Waals surface area contributed by atoms with Crippen molar-refractivity contribution in [2.75, 3.05) is 0 Å². The van der Waals surface area contributed by atoms with Crippen LogP contribution in [-0.2, 0) is 45.4 Å². The van der Waals surface area contributed by atoms with Gasteiger partial charge in [0.15, 0.2) is 0 Å². The van der Waals surface area contributed by atoms with Gasteiger partial charge in [-0.05, 0) is 37.0 Å². The highest BCUT2D eigenvalue weighted by Gasteiger charge is 2.51. The van der Waals surface area contributed by atoms with Crippen LogP contribution in [0.15, 0.2) is 18.2 Å². The fourth-order valence-corrected chi connectivity index (χ4v) is 6.63. The Hall–Kier alpha value is -2.39. The minimum absolute atomic E-state index is 0.0893. The van der Waals surface area contributed by atoms with Gasteiger partial charge >= 0.3 is 8.80 Å². The van der Waals surface area contributed by atoms with E-state index < -0.39 is 32.5 Å². The van der Waals surface area contributed by atoms with E-state index in [1.807, 2.05) is 25.1 Å². The summed E-state index contributed by atoms with van der Waals surface area (Å²) in [5.74, 6) is -1.43. The lowest BCUT2D eigenvalue weighted by Crippen LogP contribution is -2.49. The summed E-state index contributed by atoms with van der Waals surface area (Å²) >= 11 is 0. The Morgan fingerprint density at radius 1 is 1.03 bits per heavy atom. The Bertz CT molecular complexity index is 807. The molecule has 0 amide bonds. The molecule has 0 spiro atoms. The summed E-state index contributed by atoms with van der Waals surface area (Å²) < 4.78 is 28.1. The van der Waals surface area contributed by atoms with E-state index in [0.717, 1.165) is 29.7 Å². The van der Waals surface area contributed by atoms with Crippen LogP contribution in [0.4, 0.5) is 0 Å². The number of hydrogen-bond acceptors (Lipinski definition) is 8. The molecule has 0 bridgehead atoms. The number of ether oxygens (including phenoxy) is 2. The van der Waals surface area contributed by atoms with E-state index in [1.165, 1.54) is 33.6 Å². The minimum atomic E-state index is -3.86. The van der Waals surface area contributed by atoms with Gasteiger partial charge in [0.2, 0.25) is 5.79 Å².